The van der Waals surface area contributed by atoms with Gasteiger partial charge in [0.1, 0.15) is 5.78 Å². The third kappa shape index (κ3) is 3.56. The Bertz CT molecular complexity index is 282. The highest BCUT2D eigenvalue weighted by Crippen LogP contribution is 2.53. The first-order valence-corrected chi connectivity index (χ1v) is 6.66. The van der Waals surface area contributed by atoms with E-state index in [0.29, 0.717) is 12.2 Å². The van der Waals surface area contributed by atoms with Crippen molar-refractivity contribution in [1.29, 1.82) is 0 Å². The first-order chi connectivity index (χ1) is 7.13. The van der Waals surface area contributed by atoms with E-state index in [1.807, 2.05) is 20.8 Å². The average molecular weight is 240 g/mol. The molecule has 0 bridgehead atoms. The van der Waals surface area contributed by atoms with E-state index in [1.54, 1.807) is 0 Å². The summed E-state index contributed by atoms with van der Waals surface area (Å²) in [5.41, 5.74) is 0.0798. The van der Waals surface area contributed by atoms with Crippen molar-refractivity contribution in [2.75, 3.05) is 0 Å². The molecule has 0 heterocycles. The van der Waals surface area contributed by atoms with Gasteiger partial charge in [0.15, 0.2) is 0 Å². The van der Waals surface area contributed by atoms with Crippen LogP contribution in [0.15, 0.2) is 0 Å². The monoisotopic (exact) mass is 240 g/mol. The molecule has 0 radical (unpaired) electrons. The molecular weight excluding hydrogens is 208 g/mol. The van der Waals surface area contributed by atoms with Crippen LogP contribution in [0, 0.1) is 21.7 Å². The Labute approximate surface area is 108 Å². The standard InChI is InChI=1S/C16H32O/c1-13(2,3)12(17)11-15(7,8)16(9,10)14(4,5)6/h11H2,1-10H3. The van der Waals surface area contributed by atoms with Gasteiger partial charge in [0.05, 0.1) is 0 Å². The van der Waals surface area contributed by atoms with Crippen LogP contribution >= 0.6 is 0 Å². The minimum Gasteiger partial charge on any atom is -0.299 e. The lowest BCUT2D eigenvalue weighted by Gasteiger charge is -2.51. The Morgan fingerprint density at radius 3 is 1.35 bits per heavy atom. The number of Topliss-reactive ketones (excluding diaryl/α,β-unsaturated/α-hetero) is 1. The Kier molecular flexibility index (Phi) is 4.32. The second-order valence-electron chi connectivity index (χ2n) is 8.61. The zero-order valence-electron chi connectivity index (χ0n) is 13.6. The first kappa shape index (κ1) is 16.7. The zero-order valence-corrected chi connectivity index (χ0v) is 13.6. The molecule has 0 aliphatic heterocycles. The van der Waals surface area contributed by atoms with Crippen molar-refractivity contribution in [2.45, 2.75) is 75.7 Å². The largest absolute Gasteiger partial charge is 0.299 e. The van der Waals surface area contributed by atoms with E-state index in [9.17, 15) is 4.79 Å². The summed E-state index contributed by atoms with van der Waals surface area (Å²) >= 11 is 0. The van der Waals surface area contributed by atoms with Gasteiger partial charge < -0.3 is 0 Å². The molecule has 0 aliphatic rings. The van der Waals surface area contributed by atoms with Crippen molar-refractivity contribution in [2.24, 2.45) is 21.7 Å². The Hall–Kier alpha value is -0.330. The van der Waals surface area contributed by atoms with Crippen LogP contribution in [0.1, 0.15) is 75.7 Å². The van der Waals surface area contributed by atoms with E-state index in [2.05, 4.69) is 48.5 Å². The van der Waals surface area contributed by atoms with Crippen molar-refractivity contribution in [3.8, 4) is 0 Å². The van der Waals surface area contributed by atoms with Crippen molar-refractivity contribution >= 4 is 5.78 Å². The summed E-state index contributed by atoms with van der Waals surface area (Å²) in [6.45, 7) is 21.8. The third-order valence-electron chi connectivity index (χ3n) is 5.01. The maximum atomic E-state index is 12.3. The Morgan fingerprint density at radius 1 is 0.765 bits per heavy atom. The smallest absolute Gasteiger partial charge is 0.138 e. The first-order valence-electron chi connectivity index (χ1n) is 6.66. The fraction of sp³-hybridized carbons (Fsp3) is 0.938. The van der Waals surface area contributed by atoms with Gasteiger partial charge in [-0.2, -0.15) is 0 Å². The summed E-state index contributed by atoms with van der Waals surface area (Å²) in [6.07, 6.45) is 0.654. The van der Waals surface area contributed by atoms with Crippen LogP contribution in [-0.4, -0.2) is 5.78 Å². The molecule has 17 heavy (non-hydrogen) atoms. The van der Waals surface area contributed by atoms with Crippen molar-refractivity contribution in [3.05, 3.63) is 0 Å². The molecule has 102 valence electrons. The van der Waals surface area contributed by atoms with Gasteiger partial charge in [0.25, 0.3) is 0 Å². The molecule has 0 atom stereocenters. The van der Waals surface area contributed by atoms with Crippen LogP contribution in [0.2, 0.25) is 0 Å². The lowest BCUT2D eigenvalue weighted by Crippen LogP contribution is -2.45. The number of carbonyl (C=O) groups excluding carboxylic acids is 1. The normalized spacial score (nSPS) is 14.9. The summed E-state index contributed by atoms with van der Waals surface area (Å²) in [6, 6.07) is 0. The highest BCUT2D eigenvalue weighted by molar-refractivity contribution is 5.84. The van der Waals surface area contributed by atoms with E-state index >= 15 is 0 Å². The second kappa shape index (κ2) is 4.40. The molecule has 0 aromatic heterocycles. The highest BCUT2D eigenvalue weighted by Gasteiger charge is 2.47. The average Bonchev–Trinajstić information content (AvgIpc) is 1.98. The number of ketones is 1. The maximum absolute atomic E-state index is 12.3. The van der Waals surface area contributed by atoms with Gasteiger partial charge in [-0.15, -0.1) is 0 Å². The number of carbonyl (C=O) groups is 1. The minimum atomic E-state index is -0.231. The molecule has 0 aliphatic carbocycles. The molecule has 0 spiro atoms. The predicted molar refractivity (Wildman–Crippen MR) is 76.1 cm³/mol. The summed E-state index contributed by atoms with van der Waals surface area (Å²) < 4.78 is 0. The molecule has 1 heteroatoms. The zero-order chi connectivity index (χ0) is 14.3. The molecule has 0 saturated carbocycles. The van der Waals surface area contributed by atoms with E-state index in [0.717, 1.165) is 0 Å². The molecule has 0 unspecified atom stereocenters. The maximum Gasteiger partial charge on any atom is 0.138 e. The van der Waals surface area contributed by atoms with Crippen LogP contribution in [-0.2, 0) is 4.79 Å². The van der Waals surface area contributed by atoms with Gasteiger partial charge in [0, 0.05) is 11.8 Å². The van der Waals surface area contributed by atoms with Gasteiger partial charge >= 0.3 is 0 Å². The van der Waals surface area contributed by atoms with Gasteiger partial charge in [0.2, 0.25) is 0 Å². The molecule has 0 aromatic carbocycles. The number of rotatable bonds is 3. The summed E-state index contributed by atoms with van der Waals surface area (Å²) in [5, 5.41) is 0. The van der Waals surface area contributed by atoms with Crippen LogP contribution in [0.5, 0.6) is 0 Å². The van der Waals surface area contributed by atoms with Crippen LogP contribution < -0.4 is 0 Å². The lowest BCUT2D eigenvalue weighted by atomic mass is 9.53. The van der Waals surface area contributed by atoms with Crippen LogP contribution in [0.4, 0.5) is 0 Å². The van der Waals surface area contributed by atoms with Gasteiger partial charge in [-0.25, -0.2) is 0 Å². The molecule has 0 saturated heterocycles. The van der Waals surface area contributed by atoms with Gasteiger partial charge in [-0.1, -0.05) is 69.2 Å². The Balaban J connectivity index is 5.12. The molecule has 0 fully saturated rings. The van der Waals surface area contributed by atoms with E-state index in [4.69, 9.17) is 0 Å². The van der Waals surface area contributed by atoms with Crippen molar-refractivity contribution < 1.29 is 4.79 Å². The SMILES string of the molecule is CC(C)(C)C(=O)CC(C)(C)C(C)(C)C(C)(C)C. The molecule has 0 N–H and O–H groups in total. The molecular formula is C16H32O. The van der Waals surface area contributed by atoms with Gasteiger partial charge in [-0.3, -0.25) is 4.79 Å². The fourth-order valence-corrected chi connectivity index (χ4v) is 1.90. The van der Waals surface area contributed by atoms with E-state index < -0.39 is 0 Å². The quantitative estimate of drug-likeness (QED) is 0.671. The van der Waals surface area contributed by atoms with E-state index in [-0.39, 0.29) is 21.7 Å². The lowest BCUT2D eigenvalue weighted by molar-refractivity contribution is -0.132. The summed E-state index contributed by atoms with van der Waals surface area (Å²) in [5.74, 6) is 0.361. The second-order valence-corrected chi connectivity index (χ2v) is 8.61. The Morgan fingerprint density at radius 2 is 1.12 bits per heavy atom. The minimum absolute atomic E-state index is 0.00954. The summed E-state index contributed by atoms with van der Waals surface area (Å²) in [4.78, 5) is 12.3. The van der Waals surface area contributed by atoms with Crippen LogP contribution in [0.25, 0.3) is 0 Å². The molecule has 1 nitrogen and oxygen atoms in total. The topological polar surface area (TPSA) is 17.1 Å². The molecule has 0 amide bonds. The van der Waals surface area contributed by atoms with Gasteiger partial charge in [-0.05, 0) is 16.2 Å². The fourth-order valence-electron chi connectivity index (χ4n) is 1.90. The highest BCUT2D eigenvalue weighted by atomic mass is 16.1. The number of hydrogen-bond acceptors (Lipinski definition) is 1. The number of hydrogen-bond donors (Lipinski definition) is 0. The summed E-state index contributed by atoms with van der Waals surface area (Å²) in [7, 11) is 0. The van der Waals surface area contributed by atoms with Crippen molar-refractivity contribution in [3.63, 3.8) is 0 Å². The molecule has 0 rings (SSSR count). The van der Waals surface area contributed by atoms with Crippen molar-refractivity contribution in [1.82, 2.24) is 0 Å². The molecule has 0 aromatic rings. The third-order valence-corrected chi connectivity index (χ3v) is 5.01. The van der Waals surface area contributed by atoms with E-state index in [1.165, 1.54) is 0 Å². The van der Waals surface area contributed by atoms with Crippen LogP contribution in [0.3, 0.4) is 0 Å². The predicted octanol–water partition coefficient (Wildman–Crippen LogP) is 5.09.